The molecule has 42 valence electrons. The third-order valence-corrected chi connectivity index (χ3v) is 1.01. The normalized spacial score (nSPS) is 18.4. The van der Waals surface area contributed by atoms with Crippen LogP contribution in [-0.4, -0.2) is 16.7 Å². The second-order valence-electron chi connectivity index (χ2n) is 1.46. The molecular formula is C4H4N2OS. The number of rotatable bonds is 0. The molecule has 0 aromatic heterocycles. The molecule has 0 aromatic rings. The maximum atomic E-state index is 10.5. The molecule has 4 heteroatoms. The van der Waals surface area contributed by atoms with Crippen LogP contribution in [-0.2, 0) is 4.79 Å². The Bertz CT molecular complexity index is 184. The van der Waals surface area contributed by atoms with Gasteiger partial charge in [-0.2, -0.15) is 0 Å². The number of nitrogens with zero attached hydrogens (tertiary/aromatic N) is 1. The predicted octanol–water partition coefficient (Wildman–Crippen LogP) is -0.138. The van der Waals surface area contributed by atoms with Crippen molar-refractivity contribution >= 4 is 28.9 Å². The quantitative estimate of drug-likeness (QED) is 0.461. The van der Waals surface area contributed by atoms with E-state index in [-0.39, 0.29) is 11.0 Å². The molecule has 0 saturated heterocycles. The van der Waals surface area contributed by atoms with Gasteiger partial charge in [0.05, 0.1) is 0 Å². The zero-order valence-electron chi connectivity index (χ0n) is 4.26. The van der Waals surface area contributed by atoms with E-state index >= 15 is 0 Å². The van der Waals surface area contributed by atoms with E-state index in [4.69, 9.17) is 0 Å². The van der Waals surface area contributed by atoms with Gasteiger partial charge in [-0.1, -0.05) is 0 Å². The molecule has 1 amide bonds. The lowest BCUT2D eigenvalue weighted by Gasteiger charge is -1.83. The minimum atomic E-state index is -0.185. The lowest BCUT2D eigenvalue weighted by Crippen LogP contribution is -2.23. The van der Waals surface area contributed by atoms with E-state index in [9.17, 15) is 4.79 Å². The molecule has 8 heavy (non-hydrogen) atoms. The van der Waals surface area contributed by atoms with Crippen LogP contribution in [0.3, 0.4) is 0 Å². The first-order valence-electron chi connectivity index (χ1n) is 2.11. The van der Waals surface area contributed by atoms with E-state index in [2.05, 4.69) is 22.5 Å². The highest BCUT2D eigenvalue weighted by molar-refractivity contribution is 7.80. The summed E-state index contributed by atoms with van der Waals surface area (Å²) in [5.74, 6) is -0.185. The average Bonchev–Trinajstić information content (AvgIpc) is 1.85. The van der Waals surface area contributed by atoms with Crippen LogP contribution >= 0.6 is 12.2 Å². The number of amides is 1. The van der Waals surface area contributed by atoms with Crippen LogP contribution in [0.4, 0.5) is 0 Å². The van der Waals surface area contributed by atoms with Gasteiger partial charge in [-0.15, -0.1) is 0 Å². The van der Waals surface area contributed by atoms with E-state index in [0.717, 1.165) is 0 Å². The van der Waals surface area contributed by atoms with Crippen LogP contribution in [0.5, 0.6) is 0 Å². The van der Waals surface area contributed by atoms with Gasteiger partial charge in [0.1, 0.15) is 5.71 Å². The van der Waals surface area contributed by atoms with Gasteiger partial charge < -0.3 is 0 Å². The van der Waals surface area contributed by atoms with Gasteiger partial charge in [0.25, 0.3) is 5.91 Å². The lowest BCUT2D eigenvalue weighted by molar-refractivity contribution is -0.113. The van der Waals surface area contributed by atoms with Crippen LogP contribution in [0.25, 0.3) is 0 Å². The Balaban J connectivity index is 2.88. The summed E-state index contributed by atoms with van der Waals surface area (Å²) >= 11 is 4.55. The first kappa shape index (κ1) is 5.37. The molecule has 0 spiro atoms. The van der Waals surface area contributed by atoms with E-state index in [1.165, 1.54) is 0 Å². The fourth-order valence-electron chi connectivity index (χ4n) is 0.419. The molecular weight excluding hydrogens is 124 g/mol. The summed E-state index contributed by atoms with van der Waals surface area (Å²) in [7, 11) is 0. The highest BCUT2D eigenvalue weighted by atomic mass is 32.1. The molecule has 0 unspecified atom stereocenters. The van der Waals surface area contributed by atoms with Crippen LogP contribution in [0.15, 0.2) is 4.99 Å². The fourth-order valence-corrected chi connectivity index (χ4v) is 0.648. The van der Waals surface area contributed by atoms with E-state index in [1.54, 1.807) is 6.92 Å². The summed E-state index contributed by atoms with van der Waals surface area (Å²) in [5.41, 5.74) is 0.440. The molecule has 1 heterocycles. The molecule has 1 rings (SSSR count). The summed E-state index contributed by atoms with van der Waals surface area (Å²) in [6.45, 7) is 1.62. The van der Waals surface area contributed by atoms with Crippen LogP contribution in [0, 0.1) is 0 Å². The van der Waals surface area contributed by atoms with Gasteiger partial charge in [-0.3, -0.25) is 10.1 Å². The molecule has 0 aliphatic carbocycles. The smallest absolute Gasteiger partial charge is 0.271 e. The highest BCUT2D eigenvalue weighted by Gasteiger charge is 2.14. The maximum absolute atomic E-state index is 10.5. The van der Waals surface area contributed by atoms with Gasteiger partial charge in [-0.25, -0.2) is 4.99 Å². The number of thiocarbonyl (C=S) groups is 1. The zero-order valence-corrected chi connectivity index (χ0v) is 5.08. The SMILES string of the molecule is CC1=NC(=S)NC1=O. The molecule has 1 aliphatic heterocycles. The van der Waals surface area contributed by atoms with Crippen molar-refractivity contribution in [3.8, 4) is 0 Å². The molecule has 3 nitrogen and oxygen atoms in total. The Morgan fingerprint density at radius 1 is 1.75 bits per heavy atom. The van der Waals surface area contributed by atoms with Crippen LogP contribution < -0.4 is 5.32 Å². The van der Waals surface area contributed by atoms with E-state index < -0.39 is 0 Å². The summed E-state index contributed by atoms with van der Waals surface area (Å²) in [6, 6.07) is 0. The number of carbonyl (C=O) groups excluding carboxylic acids is 1. The summed E-state index contributed by atoms with van der Waals surface area (Å²) in [6.07, 6.45) is 0. The second kappa shape index (κ2) is 1.63. The first-order valence-corrected chi connectivity index (χ1v) is 2.51. The van der Waals surface area contributed by atoms with Crippen molar-refractivity contribution in [2.24, 2.45) is 4.99 Å². The molecule has 0 atom stereocenters. The van der Waals surface area contributed by atoms with Gasteiger partial charge in [-0.05, 0) is 19.1 Å². The predicted molar refractivity (Wildman–Crippen MR) is 33.8 cm³/mol. The largest absolute Gasteiger partial charge is 0.296 e. The van der Waals surface area contributed by atoms with Gasteiger partial charge in [0.2, 0.25) is 0 Å². The summed E-state index contributed by atoms with van der Waals surface area (Å²) < 4.78 is 0. The second-order valence-corrected chi connectivity index (χ2v) is 1.84. The number of nitrogens with one attached hydrogen (secondary N) is 1. The monoisotopic (exact) mass is 128 g/mol. The van der Waals surface area contributed by atoms with Crippen molar-refractivity contribution in [2.75, 3.05) is 0 Å². The van der Waals surface area contributed by atoms with Crippen molar-refractivity contribution in [1.29, 1.82) is 0 Å². The molecule has 1 N–H and O–H groups in total. The zero-order chi connectivity index (χ0) is 6.15. The summed E-state index contributed by atoms with van der Waals surface area (Å²) in [4.78, 5) is 14.1. The van der Waals surface area contributed by atoms with Crippen molar-refractivity contribution in [1.82, 2.24) is 5.32 Å². The Kier molecular flexibility index (Phi) is 1.09. The van der Waals surface area contributed by atoms with E-state index in [1.807, 2.05) is 0 Å². The highest BCUT2D eigenvalue weighted by Crippen LogP contribution is 1.89. The Hall–Kier alpha value is -0.770. The van der Waals surface area contributed by atoms with Crippen molar-refractivity contribution in [3.63, 3.8) is 0 Å². The van der Waals surface area contributed by atoms with Crippen LogP contribution in [0.1, 0.15) is 6.92 Å². The number of aliphatic imine (C=N–C) groups is 1. The number of carbonyl (C=O) groups is 1. The Morgan fingerprint density at radius 3 is 2.50 bits per heavy atom. The first-order chi connectivity index (χ1) is 3.70. The third-order valence-electron chi connectivity index (χ3n) is 0.818. The molecule has 1 aliphatic rings. The summed E-state index contributed by atoms with van der Waals surface area (Å²) in [5, 5.41) is 2.63. The maximum Gasteiger partial charge on any atom is 0.271 e. The number of hydrogen-bond acceptors (Lipinski definition) is 2. The van der Waals surface area contributed by atoms with E-state index in [0.29, 0.717) is 5.71 Å². The minimum absolute atomic E-state index is 0.185. The van der Waals surface area contributed by atoms with Crippen molar-refractivity contribution in [3.05, 3.63) is 0 Å². The minimum Gasteiger partial charge on any atom is -0.296 e. The molecule has 0 saturated carbocycles. The number of hydrogen-bond donors (Lipinski definition) is 1. The Labute approximate surface area is 51.8 Å². The van der Waals surface area contributed by atoms with Gasteiger partial charge >= 0.3 is 0 Å². The molecule has 0 fully saturated rings. The third kappa shape index (κ3) is 0.742. The molecule has 0 radical (unpaired) electrons. The van der Waals surface area contributed by atoms with Crippen molar-refractivity contribution in [2.45, 2.75) is 6.92 Å². The molecule has 0 bridgehead atoms. The van der Waals surface area contributed by atoms with Gasteiger partial charge in [0, 0.05) is 0 Å². The standard InChI is InChI=1S/C4H4N2OS/c1-2-3(7)6-4(8)5-2/h1H3,(H,6,7,8). The Morgan fingerprint density at radius 2 is 2.38 bits per heavy atom. The lowest BCUT2D eigenvalue weighted by atomic mass is 10.4. The van der Waals surface area contributed by atoms with Crippen molar-refractivity contribution < 1.29 is 4.79 Å². The molecule has 0 aromatic carbocycles. The topological polar surface area (TPSA) is 41.5 Å². The van der Waals surface area contributed by atoms with Gasteiger partial charge in [0.15, 0.2) is 5.11 Å². The average molecular weight is 128 g/mol. The fraction of sp³-hybridized carbons (Fsp3) is 0.250. The van der Waals surface area contributed by atoms with Crippen LogP contribution in [0.2, 0.25) is 0 Å².